The van der Waals surface area contributed by atoms with Gasteiger partial charge in [0, 0.05) is 24.1 Å². The number of fused-ring (bicyclic) bond motifs is 4. The third-order valence-electron chi connectivity index (χ3n) is 5.98. The highest BCUT2D eigenvalue weighted by Gasteiger charge is 2.58. The quantitative estimate of drug-likeness (QED) is 0.542. The van der Waals surface area contributed by atoms with Crippen LogP contribution in [0.25, 0.3) is 10.9 Å². The summed E-state index contributed by atoms with van der Waals surface area (Å²) in [6.07, 6.45) is 2.97. The van der Waals surface area contributed by atoms with E-state index in [-0.39, 0.29) is 23.5 Å². The number of hydrogen-bond acceptors (Lipinski definition) is 2. The van der Waals surface area contributed by atoms with Gasteiger partial charge in [0.15, 0.2) is 0 Å². The van der Waals surface area contributed by atoms with Crippen LogP contribution in [0.5, 0.6) is 0 Å². The number of likely N-dealkylation sites (N-methyl/N-ethyl adjacent to an activating group) is 1. The molecule has 2 aliphatic rings. The summed E-state index contributed by atoms with van der Waals surface area (Å²) < 4.78 is 27.5. The van der Waals surface area contributed by atoms with Gasteiger partial charge in [-0.3, -0.25) is 9.78 Å². The number of hydrogen-bond donors (Lipinski definition) is 0. The summed E-state index contributed by atoms with van der Waals surface area (Å²) in [6.45, 7) is 0. The molecule has 5 rings (SSSR count). The maximum absolute atomic E-state index is 14.0. The van der Waals surface area contributed by atoms with Crippen molar-refractivity contribution in [2.24, 2.45) is 0 Å². The Bertz CT molecular complexity index is 1110. The lowest BCUT2D eigenvalue weighted by molar-refractivity contribution is -0.126. The van der Waals surface area contributed by atoms with Crippen molar-refractivity contribution in [3.8, 4) is 0 Å². The molecule has 136 valence electrons. The normalized spacial score (nSPS) is 23.8. The Labute approximate surface area is 163 Å². The maximum Gasteiger partial charge on any atom is 0.237 e. The van der Waals surface area contributed by atoms with Crippen LogP contribution in [-0.4, -0.2) is 17.9 Å². The van der Waals surface area contributed by atoms with Crippen LogP contribution in [0.3, 0.4) is 0 Å². The first-order valence-corrected chi connectivity index (χ1v) is 9.52. The molecule has 0 saturated heterocycles. The Balaban J connectivity index is 1.64. The number of benzene rings is 2. The average molecular weight is 429 g/mol. The monoisotopic (exact) mass is 428 g/mol. The van der Waals surface area contributed by atoms with Crippen molar-refractivity contribution in [1.82, 2.24) is 4.98 Å². The first-order valence-electron chi connectivity index (χ1n) is 8.72. The van der Waals surface area contributed by atoms with Gasteiger partial charge in [-0.25, -0.2) is 8.78 Å². The van der Waals surface area contributed by atoms with Gasteiger partial charge in [-0.2, -0.15) is 0 Å². The molecule has 2 heterocycles. The molecule has 1 saturated carbocycles. The second-order valence-electron chi connectivity index (χ2n) is 7.40. The lowest BCUT2D eigenvalue weighted by Gasteiger charge is -2.44. The average Bonchev–Trinajstić information content (AvgIpc) is 2.84. The van der Waals surface area contributed by atoms with Crippen molar-refractivity contribution in [3.05, 3.63) is 69.8 Å². The van der Waals surface area contributed by atoms with Gasteiger partial charge in [0.1, 0.15) is 11.6 Å². The molecule has 1 fully saturated rings. The molecule has 27 heavy (non-hydrogen) atoms. The predicted molar refractivity (Wildman–Crippen MR) is 103 cm³/mol. The highest BCUT2D eigenvalue weighted by Crippen LogP contribution is 2.60. The number of carbonyl (C=O) groups is 1. The fourth-order valence-electron chi connectivity index (χ4n) is 4.60. The standard InChI is InChI=1S/C21H15BrF2N2O/c1-26-18-10-25-17-7-16(24)15(22)6-14(17)19(18)21(20(26)27)8-12(9-21)11-2-4-13(23)5-3-11/h2-7,10,12H,8-9H2,1H3. The van der Waals surface area contributed by atoms with E-state index in [0.29, 0.717) is 22.8 Å². The summed E-state index contributed by atoms with van der Waals surface area (Å²) in [5, 5.41) is 0.802. The molecule has 0 N–H and O–H groups in total. The van der Waals surface area contributed by atoms with Crippen LogP contribution in [0.2, 0.25) is 0 Å². The van der Waals surface area contributed by atoms with E-state index >= 15 is 0 Å². The van der Waals surface area contributed by atoms with Crippen molar-refractivity contribution in [2.75, 3.05) is 11.9 Å². The molecule has 3 aromatic rings. The van der Waals surface area contributed by atoms with Gasteiger partial charge < -0.3 is 4.90 Å². The molecular formula is C21H15BrF2N2O. The largest absolute Gasteiger partial charge is 0.313 e. The minimum absolute atomic E-state index is 0.0469. The van der Waals surface area contributed by atoms with E-state index in [4.69, 9.17) is 0 Å². The first-order chi connectivity index (χ1) is 12.9. The van der Waals surface area contributed by atoms with Crippen molar-refractivity contribution < 1.29 is 13.6 Å². The maximum atomic E-state index is 14.0. The van der Waals surface area contributed by atoms with Gasteiger partial charge in [-0.1, -0.05) is 12.1 Å². The lowest BCUT2D eigenvalue weighted by Crippen LogP contribution is -2.47. The van der Waals surface area contributed by atoms with E-state index in [0.717, 1.165) is 22.2 Å². The molecule has 6 heteroatoms. The Kier molecular flexibility index (Phi) is 3.47. The molecule has 0 atom stereocenters. The van der Waals surface area contributed by atoms with E-state index < -0.39 is 5.41 Å². The van der Waals surface area contributed by atoms with E-state index in [9.17, 15) is 13.6 Å². The van der Waals surface area contributed by atoms with Crippen LogP contribution in [0.15, 0.2) is 47.1 Å². The third-order valence-corrected chi connectivity index (χ3v) is 6.58. The zero-order valence-corrected chi connectivity index (χ0v) is 16.1. The minimum atomic E-state index is -0.623. The first kappa shape index (κ1) is 16.8. The highest BCUT2D eigenvalue weighted by molar-refractivity contribution is 9.10. The summed E-state index contributed by atoms with van der Waals surface area (Å²) in [5.41, 5.74) is 2.67. The number of anilines is 1. The highest BCUT2D eigenvalue weighted by atomic mass is 79.9. The zero-order chi connectivity index (χ0) is 18.9. The van der Waals surface area contributed by atoms with Crippen LogP contribution < -0.4 is 4.90 Å². The van der Waals surface area contributed by atoms with Crippen LogP contribution in [-0.2, 0) is 10.2 Å². The molecule has 1 aliphatic carbocycles. The number of halogens is 3. The lowest BCUT2D eigenvalue weighted by atomic mass is 9.57. The van der Waals surface area contributed by atoms with Gasteiger partial charge in [0.2, 0.25) is 5.91 Å². The summed E-state index contributed by atoms with van der Waals surface area (Å²) in [6, 6.07) is 9.59. The third kappa shape index (κ3) is 2.22. The van der Waals surface area contributed by atoms with Crippen molar-refractivity contribution in [3.63, 3.8) is 0 Å². The molecule has 0 unspecified atom stereocenters. The molecule has 1 aliphatic heterocycles. The zero-order valence-electron chi connectivity index (χ0n) is 14.5. The Hall–Kier alpha value is -2.34. The number of nitrogens with zero attached hydrogens (tertiary/aromatic N) is 2. The molecule has 1 spiro atoms. The van der Waals surface area contributed by atoms with Crippen molar-refractivity contribution in [1.29, 1.82) is 0 Å². The molecule has 3 nitrogen and oxygen atoms in total. The Morgan fingerprint density at radius 3 is 2.59 bits per heavy atom. The van der Waals surface area contributed by atoms with E-state index in [1.807, 2.05) is 0 Å². The van der Waals surface area contributed by atoms with Crippen LogP contribution in [0.4, 0.5) is 14.5 Å². The van der Waals surface area contributed by atoms with E-state index in [1.165, 1.54) is 18.2 Å². The molecule has 0 radical (unpaired) electrons. The van der Waals surface area contributed by atoms with Crippen molar-refractivity contribution >= 4 is 38.4 Å². The number of pyridine rings is 1. The van der Waals surface area contributed by atoms with E-state index in [2.05, 4.69) is 20.9 Å². The number of aromatic nitrogens is 1. The van der Waals surface area contributed by atoms with Crippen LogP contribution in [0.1, 0.15) is 29.9 Å². The molecule has 1 amide bonds. The smallest absolute Gasteiger partial charge is 0.237 e. The Morgan fingerprint density at radius 1 is 1.19 bits per heavy atom. The van der Waals surface area contributed by atoms with Crippen LogP contribution >= 0.6 is 15.9 Å². The molecule has 0 bridgehead atoms. The predicted octanol–water partition coefficient (Wildman–Crippen LogP) is 5.07. The summed E-state index contributed by atoms with van der Waals surface area (Å²) in [5.74, 6) is -0.398. The molecule has 1 aromatic heterocycles. The number of carbonyl (C=O) groups excluding carboxylic acids is 1. The fourth-order valence-corrected chi connectivity index (χ4v) is 4.95. The number of rotatable bonds is 1. The van der Waals surface area contributed by atoms with Gasteiger partial charge in [-0.05, 0) is 58.5 Å². The van der Waals surface area contributed by atoms with Gasteiger partial charge in [0.05, 0.1) is 27.3 Å². The Morgan fingerprint density at radius 2 is 1.89 bits per heavy atom. The summed E-state index contributed by atoms with van der Waals surface area (Å²) in [7, 11) is 1.76. The van der Waals surface area contributed by atoms with Gasteiger partial charge >= 0.3 is 0 Å². The van der Waals surface area contributed by atoms with Gasteiger partial charge in [0.25, 0.3) is 0 Å². The second kappa shape index (κ2) is 5.58. The minimum Gasteiger partial charge on any atom is -0.313 e. The molecule has 2 aromatic carbocycles. The van der Waals surface area contributed by atoms with Crippen molar-refractivity contribution in [2.45, 2.75) is 24.2 Å². The molecular weight excluding hydrogens is 414 g/mol. The fraction of sp³-hybridized carbons (Fsp3) is 0.238. The SMILES string of the molecule is CN1C(=O)C2(CC(c3ccc(F)cc3)C2)c2c1cnc1cc(F)c(Br)cc21. The second-order valence-corrected chi connectivity index (χ2v) is 8.26. The summed E-state index contributed by atoms with van der Waals surface area (Å²) in [4.78, 5) is 19.2. The van der Waals surface area contributed by atoms with Gasteiger partial charge in [-0.15, -0.1) is 0 Å². The number of amides is 1. The summed E-state index contributed by atoms with van der Waals surface area (Å²) >= 11 is 3.25. The topological polar surface area (TPSA) is 33.2 Å². The van der Waals surface area contributed by atoms with Crippen LogP contribution in [0, 0.1) is 11.6 Å². The van der Waals surface area contributed by atoms with E-state index in [1.54, 1.807) is 36.3 Å².